The van der Waals surface area contributed by atoms with E-state index < -0.39 is 0 Å². The smallest absolute Gasteiger partial charge is 0.293 e. The molecular formula is C17H18FN3O3. The predicted molar refractivity (Wildman–Crippen MR) is 85.0 cm³/mol. The number of furan rings is 1. The molecule has 2 heterocycles. The normalized spacial score (nSPS) is 12.3. The highest BCUT2D eigenvalue weighted by Gasteiger charge is 2.14. The van der Waals surface area contributed by atoms with Crippen LogP contribution in [0.15, 0.2) is 45.3 Å². The third-order valence-electron chi connectivity index (χ3n) is 3.52. The fourth-order valence-corrected chi connectivity index (χ4v) is 2.07. The summed E-state index contributed by atoms with van der Waals surface area (Å²) in [5, 5.41) is 7.06. The number of halogens is 1. The van der Waals surface area contributed by atoms with Crippen molar-refractivity contribution in [3.05, 3.63) is 53.8 Å². The molecule has 0 fully saturated rings. The summed E-state index contributed by atoms with van der Waals surface area (Å²) in [6.07, 6.45) is 0.668. The van der Waals surface area contributed by atoms with Gasteiger partial charge >= 0.3 is 0 Å². The number of nitrogens with zero attached hydrogens (tertiary/aromatic N) is 2. The summed E-state index contributed by atoms with van der Waals surface area (Å²) in [6, 6.07) is 9.59. The zero-order valence-corrected chi connectivity index (χ0v) is 13.5. The lowest BCUT2D eigenvalue weighted by Crippen LogP contribution is -2.24. The molecule has 1 N–H and O–H groups in total. The average Bonchev–Trinajstić information content (AvgIpc) is 3.23. The Labute approximate surface area is 138 Å². The second-order valence-electron chi connectivity index (χ2n) is 5.42. The Bertz CT molecular complexity index is 782. The number of rotatable bonds is 7. The lowest BCUT2D eigenvalue weighted by atomic mass is 10.2. The van der Waals surface area contributed by atoms with Crippen LogP contribution in [0, 0.1) is 5.82 Å². The van der Waals surface area contributed by atoms with E-state index in [4.69, 9.17) is 13.7 Å². The molecule has 0 radical (unpaired) electrons. The number of hydrogen-bond donors (Lipinski definition) is 1. The fourth-order valence-electron chi connectivity index (χ4n) is 2.07. The van der Waals surface area contributed by atoms with Crippen LogP contribution >= 0.6 is 0 Å². The van der Waals surface area contributed by atoms with Crippen LogP contribution < -0.4 is 10.1 Å². The molecule has 0 amide bonds. The Balaban J connectivity index is 1.61. The second kappa shape index (κ2) is 7.27. The van der Waals surface area contributed by atoms with E-state index in [1.807, 2.05) is 14.0 Å². The van der Waals surface area contributed by atoms with E-state index in [1.54, 1.807) is 24.3 Å². The molecule has 3 rings (SSSR count). The lowest BCUT2D eigenvalue weighted by Gasteiger charge is -2.04. The van der Waals surface area contributed by atoms with Gasteiger partial charge in [-0.05, 0) is 50.4 Å². The standard InChI is InChI=1S/C17H18FN3O3/c1-11(19-2)9-16-20-17(24-21-16)15-8-7-14(23-15)10-22-13-5-3-12(18)4-6-13/h3-8,11,19H,9-10H2,1-2H3. The van der Waals surface area contributed by atoms with Crippen molar-refractivity contribution in [1.29, 1.82) is 0 Å². The van der Waals surface area contributed by atoms with Crippen LogP contribution in [0.5, 0.6) is 5.75 Å². The molecule has 0 bridgehead atoms. The Hall–Kier alpha value is -2.67. The van der Waals surface area contributed by atoms with Gasteiger partial charge in [0.05, 0.1) is 0 Å². The number of likely N-dealkylation sites (N-methyl/N-ethyl adjacent to an activating group) is 1. The third-order valence-corrected chi connectivity index (χ3v) is 3.52. The number of benzene rings is 1. The van der Waals surface area contributed by atoms with E-state index in [1.165, 1.54) is 12.1 Å². The largest absolute Gasteiger partial charge is 0.486 e. The predicted octanol–water partition coefficient (Wildman–Crippen LogP) is 3.20. The first kappa shape index (κ1) is 16.2. The highest BCUT2D eigenvalue weighted by Crippen LogP contribution is 2.22. The number of hydrogen-bond acceptors (Lipinski definition) is 6. The minimum Gasteiger partial charge on any atom is -0.486 e. The zero-order chi connectivity index (χ0) is 16.9. The topological polar surface area (TPSA) is 73.3 Å². The van der Waals surface area contributed by atoms with Crippen molar-refractivity contribution < 1.29 is 18.1 Å². The summed E-state index contributed by atoms with van der Waals surface area (Å²) >= 11 is 0. The first-order chi connectivity index (χ1) is 11.6. The van der Waals surface area contributed by atoms with Crippen LogP contribution in [-0.4, -0.2) is 23.2 Å². The van der Waals surface area contributed by atoms with E-state index in [2.05, 4.69) is 15.5 Å². The van der Waals surface area contributed by atoms with Gasteiger partial charge in [0.25, 0.3) is 5.89 Å². The average molecular weight is 331 g/mol. The summed E-state index contributed by atoms with van der Waals surface area (Å²) in [5.74, 6) is 2.31. The molecular weight excluding hydrogens is 313 g/mol. The molecule has 1 aromatic carbocycles. The SMILES string of the molecule is CNC(C)Cc1noc(-c2ccc(COc3ccc(F)cc3)o2)n1. The minimum atomic E-state index is -0.303. The number of aromatic nitrogens is 2. The molecule has 2 aromatic heterocycles. The number of ether oxygens (including phenoxy) is 1. The molecule has 1 atom stereocenters. The highest BCUT2D eigenvalue weighted by atomic mass is 19.1. The van der Waals surface area contributed by atoms with Crippen molar-refractivity contribution in [2.75, 3.05) is 7.05 Å². The molecule has 7 heteroatoms. The van der Waals surface area contributed by atoms with E-state index >= 15 is 0 Å². The lowest BCUT2D eigenvalue weighted by molar-refractivity contribution is 0.270. The van der Waals surface area contributed by atoms with Crippen molar-refractivity contribution in [3.8, 4) is 17.4 Å². The maximum Gasteiger partial charge on any atom is 0.293 e. The third kappa shape index (κ3) is 3.99. The number of nitrogens with one attached hydrogen (secondary N) is 1. The summed E-state index contributed by atoms with van der Waals surface area (Å²) in [5.41, 5.74) is 0. The van der Waals surface area contributed by atoms with Crippen molar-refractivity contribution >= 4 is 0 Å². The van der Waals surface area contributed by atoms with Gasteiger partial charge in [-0.1, -0.05) is 5.16 Å². The molecule has 0 spiro atoms. The van der Waals surface area contributed by atoms with Crippen LogP contribution in [0.4, 0.5) is 4.39 Å². The summed E-state index contributed by atoms with van der Waals surface area (Å²) in [4.78, 5) is 4.32. The zero-order valence-electron chi connectivity index (χ0n) is 13.5. The fraction of sp³-hybridized carbons (Fsp3) is 0.294. The van der Waals surface area contributed by atoms with E-state index in [0.29, 0.717) is 35.4 Å². The van der Waals surface area contributed by atoms with Gasteiger partial charge in [-0.2, -0.15) is 4.98 Å². The Morgan fingerprint density at radius 1 is 1.21 bits per heavy atom. The van der Waals surface area contributed by atoms with Gasteiger partial charge < -0.3 is 19.0 Å². The Kier molecular flexibility index (Phi) is 4.90. The van der Waals surface area contributed by atoms with Gasteiger partial charge in [0.1, 0.15) is 23.9 Å². The van der Waals surface area contributed by atoms with Gasteiger partial charge in [0.2, 0.25) is 0 Å². The maximum atomic E-state index is 12.8. The second-order valence-corrected chi connectivity index (χ2v) is 5.42. The van der Waals surface area contributed by atoms with Gasteiger partial charge in [-0.3, -0.25) is 0 Å². The molecule has 0 aliphatic heterocycles. The maximum absolute atomic E-state index is 12.8. The van der Waals surface area contributed by atoms with Gasteiger partial charge in [0.15, 0.2) is 11.6 Å². The molecule has 126 valence electrons. The summed E-state index contributed by atoms with van der Waals surface area (Å²) in [6.45, 7) is 2.26. The van der Waals surface area contributed by atoms with Gasteiger partial charge in [-0.15, -0.1) is 0 Å². The molecule has 6 nitrogen and oxygen atoms in total. The van der Waals surface area contributed by atoms with Gasteiger partial charge in [0, 0.05) is 12.5 Å². The van der Waals surface area contributed by atoms with E-state index in [0.717, 1.165) is 0 Å². The van der Waals surface area contributed by atoms with Crippen LogP contribution in [-0.2, 0) is 13.0 Å². The van der Waals surface area contributed by atoms with Crippen molar-refractivity contribution in [2.45, 2.75) is 26.0 Å². The van der Waals surface area contributed by atoms with E-state index in [-0.39, 0.29) is 18.5 Å². The van der Waals surface area contributed by atoms with Crippen LogP contribution in [0.1, 0.15) is 18.5 Å². The van der Waals surface area contributed by atoms with E-state index in [9.17, 15) is 4.39 Å². The van der Waals surface area contributed by atoms with Crippen LogP contribution in [0.2, 0.25) is 0 Å². The molecule has 0 saturated heterocycles. The molecule has 0 aliphatic carbocycles. The molecule has 24 heavy (non-hydrogen) atoms. The molecule has 0 saturated carbocycles. The van der Waals surface area contributed by atoms with Crippen LogP contribution in [0.25, 0.3) is 11.7 Å². The molecule has 0 aliphatic rings. The Morgan fingerprint density at radius 3 is 2.75 bits per heavy atom. The Morgan fingerprint density at radius 2 is 2.00 bits per heavy atom. The van der Waals surface area contributed by atoms with Crippen molar-refractivity contribution in [3.63, 3.8) is 0 Å². The first-order valence-corrected chi connectivity index (χ1v) is 7.61. The van der Waals surface area contributed by atoms with Crippen LogP contribution in [0.3, 0.4) is 0 Å². The van der Waals surface area contributed by atoms with Gasteiger partial charge in [-0.25, -0.2) is 4.39 Å². The molecule has 1 unspecified atom stereocenters. The van der Waals surface area contributed by atoms with Crippen molar-refractivity contribution in [2.24, 2.45) is 0 Å². The van der Waals surface area contributed by atoms with Crippen molar-refractivity contribution in [1.82, 2.24) is 15.5 Å². The quantitative estimate of drug-likeness (QED) is 0.717. The molecule has 3 aromatic rings. The minimum absolute atomic E-state index is 0.226. The highest BCUT2D eigenvalue weighted by molar-refractivity contribution is 5.44. The first-order valence-electron chi connectivity index (χ1n) is 7.61. The summed E-state index contributed by atoms with van der Waals surface area (Å²) < 4.78 is 29.2. The summed E-state index contributed by atoms with van der Waals surface area (Å²) in [7, 11) is 1.88. The monoisotopic (exact) mass is 331 g/mol.